The van der Waals surface area contributed by atoms with Gasteiger partial charge in [0.15, 0.2) is 11.6 Å². The summed E-state index contributed by atoms with van der Waals surface area (Å²) in [4.78, 5) is 11.4. The van der Waals surface area contributed by atoms with Gasteiger partial charge in [0.05, 0.1) is 13.2 Å². The molecule has 3 nitrogen and oxygen atoms in total. The lowest BCUT2D eigenvalue weighted by atomic mass is 9.96. The second kappa shape index (κ2) is 2.42. The molecule has 1 spiro atoms. The number of carbonyl (C=O) groups is 1. The minimum absolute atomic E-state index is 0.137. The molecule has 2 fully saturated rings. The number of hydrogen-bond acceptors (Lipinski definition) is 3. The van der Waals surface area contributed by atoms with Crippen LogP contribution in [0.3, 0.4) is 0 Å². The summed E-state index contributed by atoms with van der Waals surface area (Å²) < 4.78 is 11.3. The summed E-state index contributed by atoms with van der Waals surface area (Å²) in [5.41, 5.74) is 0. The van der Waals surface area contributed by atoms with E-state index in [1.165, 1.54) is 0 Å². The molecule has 3 rings (SSSR count). The van der Waals surface area contributed by atoms with Crippen molar-refractivity contribution in [1.29, 1.82) is 0 Å². The molecule has 0 bridgehead atoms. The van der Waals surface area contributed by atoms with Crippen LogP contribution in [0.2, 0.25) is 0 Å². The number of rotatable bonds is 0. The molecule has 1 saturated carbocycles. The zero-order valence-electron chi connectivity index (χ0n) is 7.36. The Balaban J connectivity index is 1.94. The lowest BCUT2D eigenvalue weighted by Crippen LogP contribution is -2.34. The number of hydrogen-bond donors (Lipinski definition) is 0. The molecule has 0 aromatic rings. The van der Waals surface area contributed by atoms with Gasteiger partial charge in [-0.15, -0.1) is 0 Å². The van der Waals surface area contributed by atoms with Crippen LogP contribution in [0.5, 0.6) is 0 Å². The van der Waals surface area contributed by atoms with Crippen LogP contribution < -0.4 is 0 Å². The van der Waals surface area contributed by atoms with Crippen LogP contribution in [-0.2, 0) is 14.3 Å². The Hall–Kier alpha value is -0.670. The highest BCUT2D eigenvalue weighted by molar-refractivity contribution is 5.95. The van der Waals surface area contributed by atoms with Crippen molar-refractivity contribution in [1.82, 2.24) is 0 Å². The molecule has 2 aliphatic carbocycles. The quantitative estimate of drug-likeness (QED) is 0.555. The van der Waals surface area contributed by atoms with Gasteiger partial charge in [-0.2, -0.15) is 0 Å². The highest BCUT2D eigenvalue weighted by atomic mass is 16.7. The van der Waals surface area contributed by atoms with Crippen LogP contribution in [0.15, 0.2) is 12.2 Å². The Morgan fingerprint density at radius 3 is 2.92 bits per heavy atom. The maximum Gasteiger partial charge on any atom is 0.175 e. The van der Waals surface area contributed by atoms with Crippen molar-refractivity contribution in [2.75, 3.05) is 13.2 Å². The Labute approximate surface area is 76.7 Å². The molecule has 0 aromatic carbocycles. The molecule has 2 unspecified atom stereocenters. The van der Waals surface area contributed by atoms with Crippen molar-refractivity contribution in [2.45, 2.75) is 18.6 Å². The first-order valence-corrected chi connectivity index (χ1v) is 4.82. The van der Waals surface area contributed by atoms with Gasteiger partial charge < -0.3 is 9.47 Å². The standard InChI is InChI=1S/C10H12O3/c11-9-2-1-8-7(9)3-4-10(8)12-5-6-13-10/h1-2,7-8H,3-6H2. The van der Waals surface area contributed by atoms with E-state index in [0.717, 1.165) is 12.8 Å². The molecule has 3 heteroatoms. The third-order valence-corrected chi connectivity index (χ3v) is 3.35. The molecule has 0 N–H and O–H groups in total. The monoisotopic (exact) mass is 180 g/mol. The number of ketones is 1. The predicted octanol–water partition coefficient (Wildman–Crippen LogP) is 0.895. The third kappa shape index (κ3) is 0.888. The SMILES string of the molecule is O=C1C=CC2C1CCC21OCCO1. The topological polar surface area (TPSA) is 35.5 Å². The van der Waals surface area contributed by atoms with E-state index in [2.05, 4.69) is 0 Å². The number of fused-ring (bicyclic) bond motifs is 2. The zero-order valence-corrected chi connectivity index (χ0v) is 7.36. The molecular weight excluding hydrogens is 168 g/mol. The average molecular weight is 180 g/mol. The van der Waals surface area contributed by atoms with E-state index in [0.29, 0.717) is 13.2 Å². The minimum atomic E-state index is -0.437. The van der Waals surface area contributed by atoms with Gasteiger partial charge in [0, 0.05) is 18.3 Å². The lowest BCUT2D eigenvalue weighted by Gasteiger charge is -2.27. The van der Waals surface area contributed by atoms with Crippen LogP contribution in [0.4, 0.5) is 0 Å². The van der Waals surface area contributed by atoms with Gasteiger partial charge in [-0.3, -0.25) is 4.79 Å². The fourth-order valence-corrected chi connectivity index (χ4v) is 2.74. The molecule has 0 radical (unpaired) electrons. The first-order valence-electron chi connectivity index (χ1n) is 4.82. The maximum atomic E-state index is 11.4. The second-order valence-electron chi connectivity index (χ2n) is 3.94. The van der Waals surface area contributed by atoms with Crippen molar-refractivity contribution in [3.05, 3.63) is 12.2 Å². The molecule has 1 heterocycles. The van der Waals surface area contributed by atoms with Crippen LogP contribution >= 0.6 is 0 Å². The molecule has 1 saturated heterocycles. The molecule has 13 heavy (non-hydrogen) atoms. The van der Waals surface area contributed by atoms with Crippen LogP contribution in [-0.4, -0.2) is 24.8 Å². The maximum absolute atomic E-state index is 11.4. The average Bonchev–Trinajstić information content (AvgIpc) is 2.76. The first kappa shape index (κ1) is 7.71. The van der Waals surface area contributed by atoms with Crippen LogP contribution in [0, 0.1) is 11.8 Å². The smallest absolute Gasteiger partial charge is 0.175 e. The van der Waals surface area contributed by atoms with Gasteiger partial charge in [-0.25, -0.2) is 0 Å². The summed E-state index contributed by atoms with van der Waals surface area (Å²) in [5.74, 6) is 0.134. The summed E-state index contributed by atoms with van der Waals surface area (Å²) >= 11 is 0. The Morgan fingerprint density at radius 2 is 2.15 bits per heavy atom. The number of ether oxygens (including phenoxy) is 2. The molecular formula is C10H12O3. The fraction of sp³-hybridized carbons (Fsp3) is 0.700. The van der Waals surface area contributed by atoms with Gasteiger partial charge in [0.25, 0.3) is 0 Å². The van der Waals surface area contributed by atoms with Gasteiger partial charge in [-0.1, -0.05) is 6.08 Å². The van der Waals surface area contributed by atoms with Gasteiger partial charge in [0.1, 0.15) is 0 Å². The van der Waals surface area contributed by atoms with Crippen molar-refractivity contribution >= 4 is 5.78 Å². The Bertz CT molecular complexity index is 276. The highest BCUT2D eigenvalue weighted by Crippen LogP contribution is 2.49. The van der Waals surface area contributed by atoms with E-state index in [-0.39, 0.29) is 17.6 Å². The minimum Gasteiger partial charge on any atom is -0.347 e. The van der Waals surface area contributed by atoms with Crippen LogP contribution in [0.1, 0.15) is 12.8 Å². The molecule has 1 aliphatic heterocycles. The molecule has 0 aromatic heterocycles. The van der Waals surface area contributed by atoms with Crippen molar-refractivity contribution in [3.8, 4) is 0 Å². The molecule has 2 atom stereocenters. The second-order valence-corrected chi connectivity index (χ2v) is 3.94. The predicted molar refractivity (Wildman–Crippen MR) is 45.0 cm³/mol. The van der Waals surface area contributed by atoms with Gasteiger partial charge in [0.2, 0.25) is 0 Å². The van der Waals surface area contributed by atoms with E-state index in [1.54, 1.807) is 6.08 Å². The van der Waals surface area contributed by atoms with Gasteiger partial charge >= 0.3 is 0 Å². The zero-order chi connectivity index (χ0) is 8.89. The summed E-state index contributed by atoms with van der Waals surface area (Å²) in [6.45, 7) is 1.34. The van der Waals surface area contributed by atoms with E-state index < -0.39 is 5.79 Å². The van der Waals surface area contributed by atoms with E-state index in [9.17, 15) is 4.79 Å². The Kier molecular flexibility index (Phi) is 1.44. The summed E-state index contributed by atoms with van der Waals surface area (Å²) in [7, 11) is 0. The van der Waals surface area contributed by atoms with Crippen molar-refractivity contribution in [2.24, 2.45) is 11.8 Å². The van der Waals surface area contributed by atoms with Gasteiger partial charge in [-0.05, 0) is 12.5 Å². The van der Waals surface area contributed by atoms with E-state index >= 15 is 0 Å². The fourth-order valence-electron chi connectivity index (χ4n) is 2.74. The largest absolute Gasteiger partial charge is 0.347 e. The third-order valence-electron chi connectivity index (χ3n) is 3.35. The first-order chi connectivity index (χ1) is 6.32. The summed E-state index contributed by atoms with van der Waals surface area (Å²) in [6.07, 6.45) is 5.43. The summed E-state index contributed by atoms with van der Waals surface area (Å²) in [5, 5.41) is 0. The lowest BCUT2D eigenvalue weighted by molar-refractivity contribution is -0.174. The van der Waals surface area contributed by atoms with Crippen LogP contribution in [0.25, 0.3) is 0 Å². The molecule has 3 aliphatic rings. The highest BCUT2D eigenvalue weighted by Gasteiger charge is 2.55. The van der Waals surface area contributed by atoms with E-state index in [1.807, 2.05) is 6.08 Å². The Morgan fingerprint density at radius 1 is 1.38 bits per heavy atom. The number of carbonyl (C=O) groups excluding carboxylic acids is 1. The van der Waals surface area contributed by atoms with E-state index in [4.69, 9.17) is 9.47 Å². The van der Waals surface area contributed by atoms with Crippen molar-refractivity contribution < 1.29 is 14.3 Å². The molecule has 0 amide bonds. The van der Waals surface area contributed by atoms with Crippen molar-refractivity contribution in [3.63, 3.8) is 0 Å². The molecule has 70 valence electrons. The number of allylic oxidation sites excluding steroid dienone is 1. The normalized spacial score (nSPS) is 40.5. The summed E-state index contributed by atoms with van der Waals surface area (Å²) in [6, 6.07) is 0.